The van der Waals surface area contributed by atoms with E-state index in [0.29, 0.717) is 51.8 Å². The third kappa shape index (κ3) is 5.27. The lowest BCUT2D eigenvalue weighted by molar-refractivity contribution is 0.0648. The van der Waals surface area contributed by atoms with Crippen LogP contribution in [0.5, 0.6) is 11.5 Å². The zero-order valence-electron chi connectivity index (χ0n) is 22.0. The lowest BCUT2D eigenvalue weighted by Gasteiger charge is -2.30. The van der Waals surface area contributed by atoms with Crippen molar-refractivity contribution < 1.29 is 18.7 Å². The molecule has 3 aromatic carbocycles. The Hall–Kier alpha value is -4.85. The Labute approximate surface area is 226 Å². The minimum absolute atomic E-state index is 0.177. The fourth-order valence-electron chi connectivity index (χ4n) is 4.55. The van der Waals surface area contributed by atoms with Gasteiger partial charge in [-0.1, -0.05) is 18.2 Å². The van der Waals surface area contributed by atoms with Gasteiger partial charge in [-0.3, -0.25) is 14.2 Å². The molecule has 0 fully saturated rings. The van der Waals surface area contributed by atoms with Crippen LogP contribution >= 0.6 is 0 Å². The molecule has 0 aliphatic carbocycles. The number of methoxy groups -OCH3 is 1. The van der Waals surface area contributed by atoms with Gasteiger partial charge in [0.05, 0.1) is 49.2 Å². The smallest absolute Gasteiger partial charge is 0.266 e. The predicted octanol–water partition coefficient (Wildman–Crippen LogP) is 5.79. The molecule has 1 unspecified atom stereocenters. The highest BCUT2D eigenvalue weighted by atomic mass is 16.5. The SMILES string of the molecule is CCOc1ccc(-n2c(C(C)N(Cc3ccco3)C(=O)c3cccc(OC)c3)nc3ccccc3c2=O)cc1. The van der Waals surface area contributed by atoms with Gasteiger partial charge in [0.1, 0.15) is 23.1 Å². The van der Waals surface area contributed by atoms with Crippen LogP contribution in [-0.2, 0) is 6.54 Å². The van der Waals surface area contributed by atoms with Gasteiger partial charge in [-0.15, -0.1) is 0 Å². The van der Waals surface area contributed by atoms with E-state index in [1.54, 1.807) is 65.3 Å². The quantitative estimate of drug-likeness (QED) is 0.243. The fraction of sp³-hybridized carbons (Fsp3) is 0.194. The average molecular weight is 524 g/mol. The number of para-hydroxylation sites is 1. The van der Waals surface area contributed by atoms with Gasteiger partial charge in [0.15, 0.2) is 0 Å². The molecular formula is C31H29N3O5. The van der Waals surface area contributed by atoms with Crippen LogP contribution in [0.1, 0.15) is 41.8 Å². The summed E-state index contributed by atoms with van der Waals surface area (Å²) in [6, 6.07) is 24.4. The van der Waals surface area contributed by atoms with Crippen molar-refractivity contribution in [3.8, 4) is 17.2 Å². The number of furan rings is 1. The van der Waals surface area contributed by atoms with Crippen molar-refractivity contribution in [1.82, 2.24) is 14.5 Å². The molecule has 0 saturated heterocycles. The molecule has 8 nitrogen and oxygen atoms in total. The summed E-state index contributed by atoms with van der Waals surface area (Å²) in [6.45, 7) is 4.49. The number of fused-ring (bicyclic) bond motifs is 1. The van der Waals surface area contributed by atoms with Crippen LogP contribution in [0.15, 0.2) is 100 Å². The van der Waals surface area contributed by atoms with E-state index in [9.17, 15) is 9.59 Å². The number of ether oxygens (including phenoxy) is 2. The van der Waals surface area contributed by atoms with Gasteiger partial charge in [-0.2, -0.15) is 0 Å². The second kappa shape index (κ2) is 11.3. The first-order valence-corrected chi connectivity index (χ1v) is 12.7. The summed E-state index contributed by atoms with van der Waals surface area (Å²) in [7, 11) is 1.56. The largest absolute Gasteiger partial charge is 0.497 e. The van der Waals surface area contributed by atoms with Crippen LogP contribution in [0.4, 0.5) is 0 Å². The van der Waals surface area contributed by atoms with Crippen molar-refractivity contribution in [3.05, 3.63) is 119 Å². The lowest BCUT2D eigenvalue weighted by Crippen LogP contribution is -2.37. The standard InChI is InChI=1S/C31H29N3O5/c1-4-38-24-16-14-23(15-17-24)34-29(32-28-13-6-5-12-27(28)31(34)36)21(2)33(20-26-11-8-18-39-26)30(35)22-9-7-10-25(19-22)37-3/h5-19,21H,4,20H2,1-3H3. The first-order chi connectivity index (χ1) is 19.0. The van der Waals surface area contributed by atoms with E-state index in [4.69, 9.17) is 18.9 Å². The Balaban J connectivity index is 1.67. The molecule has 1 amide bonds. The Morgan fingerprint density at radius 3 is 2.51 bits per heavy atom. The highest BCUT2D eigenvalue weighted by molar-refractivity contribution is 5.95. The first kappa shape index (κ1) is 25.8. The van der Waals surface area contributed by atoms with Crippen LogP contribution in [-0.4, -0.2) is 34.1 Å². The molecule has 0 N–H and O–H groups in total. The molecule has 0 radical (unpaired) electrons. The monoisotopic (exact) mass is 523 g/mol. The first-order valence-electron chi connectivity index (χ1n) is 12.7. The third-order valence-electron chi connectivity index (χ3n) is 6.53. The number of aromatic nitrogens is 2. The number of carbonyl (C=O) groups is 1. The van der Waals surface area contributed by atoms with E-state index in [-0.39, 0.29) is 18.0 Å². The summed E-state index contributed by atoms with van der Waals surface area (Å²) in [6.07, 6.45) is 1.57. The second-order valence-corrected chi connectivity index (χ2v) is 8.97. The van der Waals surface area contributed by atoms with Gasteiger partial charge >= 0.3 is 0 Å². The molecule has 0 spiro atoms. The van der Waals surface area contributed by atoms with Crippen molar-refractivity contribution in [2.24, 2.45) is 0 Å². The zero-order valence-corrected chi connectivity index (χ0v) is 22.0. The summed E-state index contributed by atoms with van der Waals surface area (Å²) >= 11 is 0. The molecule has 0 aliphatic heterocycles. The van der Waals surface area contributed by atoms with E-state index in [1.165, 1.54) is 0 Å². The summed E-state index contributed by atoms with van der Waals surface area (Å²) in [4.78, 5) is 34.4. The van der Waals surface area contributed by atoms with Gasteiger partial charge in [-0.25, -0.2) is 4.98 Å². The molecule has 2 heterocycles. The molecule has 8 heteroatoms. The van der Waals surface area contributed by atoms with Crippen LogP contribution < -0.4 is 15.0 Å². The Bertz CT molecular complexity index is 1640. The van der Waals surface area contributed by atoms with Gasteiger partial charge < -0.3 is 18.8 Å². The third-order valence-corrected chi connectivity index (χ3v) is 6.53. The van der Waals surface area contributed by atoms with Gasteiger partial charge in [0.2, 0.25) is 0 Å². The van der Waals surface area contributed by atoms with E-state index in [1.807, 2.05) is 56.3 Å². The molecule has 5 aromatic rings. The van der Waals surface area contributed by atoms with Crippen LogP contribution in [0, 0.1) is 0 Å². The van der Waals surface area contributed by atoms with Gasteiger partial charge in [0.25, 0.3) is 11.5 Å². The lowest BCUT2D eigenvalue weighted by atomic mass is 10.1. The van der Waals surface area contributed by atoms with Gasteiger partial charge in [-0.05, 0) is 80.6 Å². The maximum atomic E-state index is 14.0. The molecule has 5 rings (SSSR count). The van der Waals surface area contributed by atoms with Crippen molar-refractivity contribution in [3.63, 3.8) is 0 Å². The minimum Gasteiger partial charge on any atom is -0.497 e. The minimum atomic E-state index is -0.613. The Morgan fingerprint density at radius 1 is 1.00 bits per heavy atom. The normalized spacial score (nSPS) is 11.8. The number of rotatable bonds is 9. The highest BCUT2D eigenvalue weighted by Crippen LogP contribution is 2.28. The van der Waals surface area contributed by atoms with Crippen LogP contribution in [0.3, 0.4) is 0 Å². The number of nitrogens with zero attached hydrogens (tertiary/aromatic N) is 3. The molecular weight excluding hydrogens is 494 g/mol. The molecule has 1 atom stereocenters. The summed E-state index contributed by atoms with van der Waals surface area (Å²) in [5.74, 6) is 2.05. The van der Waals surface area contributed by atoms with Crippen molar-refractivity contribution >= 4 is 16.8 Å². The topological polar surface area (TPSA) is 86.8 Å². The van der Waals surface area contributed by atoms with E-state index < -0.39 is 6.04 Å². The number of hydrogen-bond donors (Lipinski definition) is 0. The second-order valence-electron chi connectivity index (χ2n) is 8.97. The maximum absolute atomic E-state index is 14.0. The van der Waals surface area contributed by atoms with E-state index in [0.717, 1.165) is 0 Å². The molecule has 2 aromatic heterocycles. The molecule has 198 valence electrons. The van der Waals surface area contributed by atoms with Crippen molar-refractivity contribution in [1.29, 1.82) is 0 Å². The molecule has 0 aliphatic rings. The number of carbonyl (C=O) groups excluding carboxylic acids is 1. The molecule has 0 saturated carbocycles. The summed E-state index contributed by atoms with van der Waals surface area (Å²) in [5, 5.41) is 0.485. The van der Waals surface area contributed by atoms with E-state index in [2.05, 4.69) is 0 Å². The van der Waals surface area contributed by atoms with Gasteiger partial charge in [0, 0.05) is 5.56 Å². The Kier molecular flexibility index (Phi) is 7.45. The van der Waals surface area contributed by atoms with Crippen molar-refractivity contribution in [2.45, 2.75) is 26.4 Å². The predicted molar refractivity (Wildman–Crippen MR) is 148 cm³/mol. The van der Waals surface area contributed by atoms with Crippen molar-refractivity contribution in [2.75, 3.05) is 13.7 Å². The molecule has 0 bridgehead atoms. The Morgan fingerprint density at radius 2 is 1.79 bits per heavy atom. The molecule has 39 heavy (non-hydrogen) atoms. The number of benzene rings is 3. The number of hydrogen-bond acceptors (Lipinski definition) is 6. The maximum Gasteiger partial charge on any atom is 0.266 e. The number of amides is 1. The fourth-order valence-corrected chi connectivity index (χ4v) is 4.55. The average Bonchev–Trinajstić information content (AvgIpc) is 3.49. The zero-order chi connectivity index (χ0) is 27.4. The summed E-state index contributed by atoms with van der Waals surface area (Å²) in [5.41, 5.74) is 1.40. The van der Waals surface area contributed by atoms with Crippen LogP contribution in [0.2, 0.25) is 0 Å². The highest BCUT2D eigenvalue weighted by Gasteiger charge is 2.29. The summed E-state index contributed by atoms with van der Waals surface area (Å²) < 4.78 is 18.1. The van der Waals surface area contributed by atoms with Crippen LogP contribution in [0.25, 0.3) is 16.6 Å². The van der Waals surface area contributed by atoms with E-state index >= 15 is 0 Å².